The molecule has 0 saturated carbocycles. The topological polar surface area (TPSA) is 3.24 Å². The summed E-state index contributed by atoms with van der Waals surface area (Å²) in [6.07, 6.45) is 0. The molecule has 0 aliphatic rings. The first kappa shape index (κ1) is 22.1. The fourth-order valence-electron chi connectivity index (χ4n) is 5.22. The van der Waals surface area contributed by atoms with Crippen molar-refractivity contribution in [2.75, 3.05) is 4.90 Å². The maximum absolute atomic E-state index is 6.25. The zero-order valence-corrected chi connectivity index (χ0v) is 21.5. The van der Waals surface area contributed by atoms with E-state index < -0.39 is 0 Å². The highest BCUT2D eigenvalue weighted by molar-refractivity contribution is 7.27. The van der Waals surface area contributed by atoms with E-state index in [2.05, 4.69) is 126 Å². The van der Waals surface area contributed by atoms with Crippen LogP contribution in [-0.4, -0.2) is 0 Å². The number of nitrogens with zero attached hydrogens (tertiary/aromatic N) is 1. The van der Waals surface area contributed by atoms with Gasteiger partial charge in [-0.2, -0.15) is 0 Å². The van der Waals surface area contributed by atoms with Crippen molar-refractivity contribution >= 4 is 70.9 Å². The van der Waals surface area contributed by atoms with E-state index in [9.17, 15) is 0 Å². The largest absolute Gasteiger partial charge is 0.309 e. The molecule has 6 aromatic carbocycles. The van der Waals surface area contributed by atoms with Gasteiger partial charge in [-0.1, -0.05) is 103 Å². The average molecular weight is 512 g/mol. The molecule has 0 unspecified atom stereocenters. The van der Waals surface area contributed by atoms with E-state index >= 15 is 0 Å². The summed E-state index contributed by atoms with van der Waals surface area (Å²) in [5, 5.41) is 5.87. The number of anilines is 3. The molecule has 176 valence electrons. The summed E-state index contributed by atoms with van der Waals surface area (Å²) in [5.74, 6) is 0. The minimum Gasteiger partial charge on any atom is -0.309 e. The van der Waals surface area contributed by atoms with Gasteiger partial charge in [-0.05, 0) is 64.4 Å². The van der Waals surface area contributed by atoms with Crippen LogP contribution in [0, 0.1) is 0 Å². The van der Waals surface area contributed by atoms with E-state index in [1.54, 1.807) is 0 Å². The second kappa shape index (κ2) is 9.08. The van der Waals surface area contributed by atoms with Crippen LogP contribution in [0.1, 0.15) is 0 Å². The molecular weight excluding hydrogens is 490 g/mol. The second-order valence-electron chi connectivity index (χ2n) is 9.12. The van der Waals surface area contributed by atoms with Crippen molar-refractivity contribution < 1.29 is 0 Å². The van der Waals surface area contributed by atoms with Crippen LogP contribution in [0.5, 0.6) is 0 Å². The highest BCUT2D eigenvalue weighted by Gasteiger charge is 2.21. The summed E-state index contributed by atoms with van der Waals surface area (Å²) >= 11 is 8.13. The summed E-state index contributed by atoms with van der Waals surface area (Å²) in [4.78, 5) is 2.37. The Bertz CT molecular complexity index is 1830. The predicted octanol–water partition coefficient (Wildman–Crippen LogP) is 11.0. The van der Waals surface area contributed by atoms with Crippen molar-refractivity contribution in [2.24, 2.45) is 0 Å². The highest BCUT2D eigenvalue weighted by atomic mass is 35.5. The van der Waals surface area contributed by atoms with Gasteiger partial charge in [0.1, 0.15) is 0 Å². The Balaban J connectivity index is 1.60. The van der Waals surface area contributed by atoms with Gasteiger partial charge < -0.3 is 4.90 Å². The number of fused-ring (bicyclic) bond motifs is 5. The number of rotatable bonds is 4. The lowest BCUT2D eigenvalue weighted by atomic mass is 9.97. The third-order valence-electron chi connectivity index (χ3n) is 6.91. The quantitative estimate of drug-likeness (QED) is 0.227. The molecule has 1 heterocycles. The van der Waals surface area contributed by atoms with Gasteiger partial charge in [0.2, 0.25) is 0 Å². The first-order valence-electron chi connectivity index (χ1n) is 12.3. The van der Waals surface area contributed by atoms with Crippen LogP contribution in [0.25, 0.3) is 42.1 Å². The van der Waals surface area contributed by atoms with Gasteiger partial charge in [-0.3, -0.25) is 0 Å². The van der Waals surface area contributed by atoms with Crippen molar-refractivity contribution in [3.63, 3.8) is 0 Å². The summed E-state index contributed by atoms with van der Waals surface area (Å²) in [5.41, 5.74) is 5.83. The van der Waals surface area contributed by atoms with Crippen LogP contribution >= 0.6 is 22.9 Å². The van der Waals surface area contributed by atoms with Crippen LogP contribution in [0.15, 0.2) is 133 Å². The second-order valence-corrected chi connectivity index (χ2v) is 10.6. The van der Waals surface area contributed by atoms with Crippen LogP contribution < -0.4 is 4.90 Å². The zero-order valence-electron chi connectivity index (χ0n) is 19.9. The molecule has 0 bridgehead atoms. The Morgan fingerprint density at radius 1 is 0.514 bits per heavy atom. The van der Waals surface area contributed by atoms with Crippen LogP contribution in [0.4, 0.5) is 17.1 Å². The first-order chi connectivity index (χ1) is 18.3. The summed E-state index contributed by atoms with van der Waals surface area (Å²) in [6.45, 7) is 0. The molecule has 37 heavy (non-hydrogen) atoms. The molecule has 1 nitrogen and oxygen atoms in total. The lowest BCUT2D eigenvalue weighted by Crippen LogP contribution is -2.09. The van der Waals surface area contributed by atoms with Gasteiger partial charge in [0, 0.05) is 31.9 Å². The molecule has 0 atom stereocenters. The summed E-state index contributed by atoms with van der Waals surface area (Å²) in [7, 11) is 0. The minimum atomic E-state index is 0.747. The fraction of sp³-hybridized carbons (Fsp3) is 0. The number of hydrogen-bond donors (Lipinski definition) is 0. The Labute approximate surface area is 224 Å². The third-order valence-corrected chi connectivity index (χ3v) is 8.43. The number of halogens is 1. The molecule has 1 aromatic heterocycles. The van der Waals surface area contributed by atoms with E-state index in [-0.39, 0.29) is 0 Å². The molecule has 7 aromatic rings. The van der Waals surface area contributed by atoms with Crippen LogP contribution in [-0.2, 0) is 0 Å². The number of para-hydroxylation sites is 2. The molecule has 0 N–H and O–H groups in total. The molecule has 7 rings (SSSR count). The van der Waals surface area contributed by atoms with Gasteiger partial charge in [0.15, 0.2) is 0 Å². The Morgan fingerprint density at radius 2 is 1.16 bits per heavy atom. The third kappa shape index (κ3) is 3.77. The normalized spacial score (nSPS) is 11.4. The van der Waals surface area contributed by atoms with E-state index in [0.717, 1.165) is 16.4 Å². The molecule has 3 heteroatoms. The fourth-order valence-corrected chi connectivity index (χ4v) is 6.71. The molecular formula is C34H22ClNS. The first-order valence-corrected chi connectivity index (χ1v) is 13.5. The van der Waals surface area contributed by atoms with Gasteiger partial charge in [-0.25, -0.2) is 0 Å². The highest BCUT2D eigenvalue weighted by Crippen LogP contribution is 2.49. The van der Waals surface area contributed by atoms with Gasteiger partial charge in [0.05, 0.1) is 10.4 Å². The summed E-state index contributed by atoms with van der Waals surface area (Å²) < 4.78 is 2.59. The maximum atomic E-state index is 6.25. The van der Waals surface area contributed by atoms with E-state index in [1.807, 2.05) is 23.5 Å². The van der Waals surface area contributed by atoms with Crippen molar-refractivity contribution in [3.8, 4) is 11.1 Å². The number of hydrogen-bond acceptors (Lipinski definition) is 2. The lowest BCUT2D eigenvalue weighted by molar-refractivity contribution is 1.30. The molecule has 0 aliphatic heterocycles. The maximum Gasteiger partial charge on any atom is 0.0640 e. The zero-order chi connectivity index (χ0) is 24.8. The van der Waals surface area contributed by atoms with Crippen LogP contribution in [0.2, 0.25) is 5.02 Å². The molecule has 0 spiro atoms. The number of benzene rings is 6. The monoisotopic (exact) mass is 511 g/mol. The van der Waals surface area contributed by atoms with E-state index in [4.69, 9.17) is 11.6 Å². The van der Waals surface area contributed by atoms with Crippen molar-refractivity contribution in [1.29, 1.82) is 0 Å². The minimum absolute atomic E-state index is 0.747. The molecule has 0 fully saturated rings. The molecule has 0 saturated heterocycles. The molecule has 0 amide bonds. The molecule has 0 radical (unpaired) electrons. The smallest absolute Gasteiger partial charge is 0.0640 e. The Hall–Kier alpha value is -4.11. The van der Waals surface area contributed by atoms with E-state index in [0.29, 0.717) is 0 Å². The van der Waals surface area contributed by atoms with Gasteiger partial charge >= 0.3 is 0 Å². The predicted molar refractivity (Wildman–Crippen MR) is 162 cm³/mol. The Morgan fingerprint density at radius 3 is 1.86 bits per heavy atom. The van der Waals surface area contributed by atoms with E-state index in [1.165, 1.54) is 47.8 Å². The molecule has 0 aliphatic carbocycles. The average Bonchev–Trinajstić information content (AvgIpc) is 3.36. The van der Waals surface area contributed by atoms with Gasteiger partial charge in [-0.15, -0.1) is 11.3 Å². The lowest BCUT2D eigenvalue weighted by Gasteiger charge is -2.26. The number of thiophene rings is 1. The van der Waals surface area contributed by atoms with Gasteiger partial charge in [0.25, 0.3) is 0 Å². The standard InChI is InChI=1S/C34H22ClNS/c35-25-18-15-24(16-19-25)28-21-22-31(36(26-10-3-1-4-11-26)27-12-5-2-6-13-27)34-32(28)30-20-17-23-9-7-8-14-29(23)33(30)37-34/h1-22H. The van der Waals surface area contributed by atoms with Crippen molar-refractivity contribution in [2.45, 2.75) is 0 Å². The van der Waals surface area contributed by atoms with Crippen molar-refractivity contribution in [1.82, 2.24) is 0 Å². The van der Waals surface area contributed by atoms with Crippen molar-refractivity contribution in [3.05, 3.63) is 138 Å². The summed E-state index contributed by atoms with van der Waals surface area (Å²) in [6, 6.07) is 47.2. The SMILES string of the molecule is Clc1ccc(-c2ccc(N(c3ccccc3)c3ccccc3)c3sc4c5ccccc5ccc4c23)cc1. The van der Waals surface area contributed by atoms with Crippen LogP contribution in [0.3, 0.4) is 0 Å². The Kier molecular flexibility index (Phi) is 5.43.